The fourth-order valence-corrected chi connectivity index (χ4v) is 3.04. The Morgan fingerprint density at radius 2 is 1.79 bits per heavy atom. The molecule has 0 spiro atoms. The Kier molecular flexibility index (Phi) is 6.54. The van der Waals surface area contributed by atoms with E-state index in [1.165, 1.54) is 11.8 Å². The van der Waals surface area contributed by atoms with E-state index in [1.54, 1.807) is 26.2 Å². The third-order valence-electron chi connectivity index (χ3n) is 3.82. The summed E-state index contributed by atoms with van der Waals surface area (Å²) >= 11 is 1.20. The third-order valence-corrected chi connectivity index (χ3v) is 4.76. The molecule has 0 unspecified atom stereocenters. The molecule has 0 aliphatic rings. The van der Waals surface area contributed by atoms with Gasteiger partial charge in [-0.05, 0) is 62.4 Å². The van der Waals surface area contributed by atoms with Crippen molar-refractivity contribution in [2.24, 2.45) is 0 Å². The predicted molar refractivity (Wildman–Crippen MR) is 108 cm³/mol. The maximum atomic E-state index is 12.4. The van der Waals surface area contributed by atoms with Crippen LogP contribution in [0.1, 0.15) is 13.8 Å². The summed E-state index contributed by atoms with van der Waals surface area (Å²) in [6, 6.07) is 14.5. The van der Waals surface area contributed by atoms with Crippen molar-refractivity contribution in [3.8, 4) is 23.0 Å². The number of thioether (sulfide) groups is 1. The fraction of sp³-hybridized carbons (Fsp3) is 0.250. The van der Waals surface area contributed by atoms with Crippen molar-refractivity contribution in [3.05, 3.63) is 48.5 Å². The van der Waals surface area contributed by atoms with Gasteiger partial charge < -0.3 is 19.2 Å². The molecule has 1 heterocycles. The summed E-state index contributed by atoms with van der Waals surface area (Å²) in [5.74, 6) is 1.75. The quantitative estimate of drug-likeness (QED) is 0.566. The fourth-order valence-electron chi connectivity index (χ4n) is 2.36. The summed E-state index contributed by atoms with van der Waals surface area (Å²) in [5.41, 5.74) is 1.48. The highest BCUT2D eigenvalue weighted by atomic mass is 32.2. The Bertz CT molecular complexity index is 910. The zero-order valence-electron chi connectivity index (χ0n) is 15.8. The Hall–Kier alpha value is -3.00. The third kappa shape index (κ3) is 5.04. The Balaban J connectivity index is 1.58. The summed E-state index contributed by atoms with van der Waals surface area (Å²) in [4.78, 5) is 12.4. The van der Waals surface area contributed by atoms with Gasteiger partial charge >= 0.3 is 0 Å². The molecule has 1 N–H and O–H groups in total. The number of methoxy groups -OCH3 is 1. The molecule has 8 heteroatoms. The minimum atomic E-state index is -0.407. The summed E-state index contributed by atoms with van der Waals surface area (Å²) in [6.07, 6.45) is 0. The number of hydrogen-bond donors (Lipinski definition) is 1. The Labute approximate surface area is 167 Å². The first-order valence-electron chi connectivity index (χ1n) is 8.77. The van der Waals surface area contributed by atoms with Crippen LogP contribution in [-0.4, -0.2) is 35.1 Å². The van der Waals surface area contributed by atoms with Crippen LogP contribution in [0.3, 0.4) is 0 Å². The number of ether oxygens (including phenoxy) is 2. The molecule has 0 saturated carbocycles. The molecule has 1 amide bonds. The average Bonchev–Trinajstić information content (AvgIpc) is 3.18. The van der Waals surface area contributed by atoms with E-state index in [0.717, 1.165) is 17.1 Å². The number of nitrogens with zero attached hydrogens (tertiary/aromatic N) is 2. The van der Waals surface area contributed by atoms with E-state index in [2.05, 4.69) is 15.5 Å². The second kappa shape index (κ2) is 9.27. The standard InChI is InChI=1S/C20H21N3O4S/c1-4-26-17-11-7-15(8-12-17)21-18(24)13(2)28-20-23-22-19(27-20)14-5-9-16(25-3)10-6-14/h5-13H,4H2,1-3H3,(H,21,24)/t13-/m1/s1. The van der Waals surface area contributed by atoms with Gasteiger partial charge in [-0.2, -0.15) is 0 Å². The average molecular weight is 399 g/mol. The second-order valence-corrected chi connectivity index (χ2v) is 7.10. The largest absolute Gasteiger partial charge is 0.497 e. The highest BCUT2D eigenvalue weighted by molar-refractivity contribution is 8.00. The lowest BCUT2D eigenvalue weighted by Crippen LogP contribution is -2.22. The molecule has 3 aromatic rings. The molecule has 0 radical (unpaired) electrons. The SMILES string of the molecule is CCOc1ccc(NC(=O)[C@@H](C)Sc2nnc(-c3ccc(OC)cc3)o2)cc1. The highest BCUT2D eigenvalue weighted by Crippen LogP contribution is 2.28. The minimum Gasteiger partial charge on any atom is -0.497 e. The van der Waals surface area contributed by atoms with Crippen molar-refractivity contribution in [2.75, 3.05) is 19.0 Å². The number of benzene rings is 2. The van der Waals surface area contributed by atoms with Gasteiger partial charge in [0.15, 0.2) is 0 Å². The van der Waals surface area contributed by atoms with Crippen LogP contribution in [0.25, 0.3) is 11.5 Å². The van der Waals surface area contributed by atoms with Crippen molar-refractivity contribution < 1.29 is 18.7 Å². The molecule has 7 nitrogen and oxygen atoms in total. The van der Waals surface area contributed by atoms with Gasteiger partial charge in [0.05, 0.1) is 19.0 Å². The van der Waals surface area contributed by atoms with E-state index in [9.17, 15) is 4.79 Å². The number of carbonyl (C=O) groups is 1. The lowest BCUT2D eigenvalue weighted by Gasteiger charge is -2.10. The Morgan fingerprint density at radius 1 is 1.11 bits per heavy atom. The van der Waals surface area contributed by atoms with Gasteiger partial charge in [0, 0.05) is 11.3 Å². The first-order chi connectivity index (χ1) is 13.6. The monoisotopic (exact) mass is 399 g/mol. The van der Waals surface area contributed by atoms with Crippen molar-refractivity contribution in [2.45, 2.75) is 24.3 Å². The van der Waals surface area contributed by atoms with Gasteiger partial charge in [0.2, 0.25) is 11.8 Å². The van der Waals surface area contributed by atoms with E-state index >= 15 is 0 Å². The summed E-state index contributed by atoms with van der Waals surface area (Å²) < 4.78 is 16.2. The van der Waals surface area contributed by atoms with E-state index in [4.69, 9.17) is 13.9 Å². The maximum Gasteiger partial charge on any atom is 0.277 e. The summed E-state index contributed by atoms with van der Waals surface area (Å²) in [6.45, 7) is 4.31. The summed E-state index contributed by atoms with van der Waals surface area (Å²) in [5, 5.41) is 10.8. The number of amides is 1. The zero-order chi connectivity index (χ0) is 19.9. The molecule has 28 heavy (non-hydrogen) atoms. The molecule has 1 aromatic heterocycles. The lowest BCUT2D eigenvalue weighted by molar-refractivity contribution is -0.115. The van der Waals surface area contributed by atoms with E-state index in [1.807, 2.05) is 43.3 Å². The van der Waals surface area contributed by atoms with Crippen LogP contribution < -0.4 is 14.8 Å². The molecule has 0 aliphatic heterocycles. The number of aromatic nitrogens is 2. The van der Waals surface area contributed by atoms with Crippen molar-refractivity contribution in [1.82, 2.24) is 10.2 Å². The molecule has 0 aliphatic carbocycles. The van der Waals surface area contributed by atoms with Gasteiger partial charge in [0.25, 0.3) is 5.22 Å². The molecule has 146 valence electrons. The van der Waals surface area contributed by atoms with Crippen molar-refractivity contribution in [3.63, 3.8) is 0 Å². The predicted octanol–water partition coefficient (Wildman–Crippen LogP) is 4.26. The van der Waals surface area contributed by atoms with E-state index in [0.29, 0.717) is 23.4 Å². The van der Waals surface area contributed by atoms with Crippen LogP contribution in [0.5, 0.6) is 11.5 Å². The van der Waals surface area contributed by atoms with Gasteiger partial charge in [0.1, 0.15) is 11.5 Å². The first kappa shape index (κ1) is 19.8. The second-order valence-electron chi connectivity index (χ2n) is 5.81. The molecular formula is C20H21N3O4S. The number of carbonyl (C=O) groups excluding carboxylic acids is 1. The van der Waals surface area contributed by atoms with Crippen LogP contribution in [0.4, 0.5) is 5.69 Å². The highest BCUT2D eigenvalue weighted by Gasteiger charge is 2.19. The van der Waals surface area contributed by atoms with Gasteiger partial charge in [-0.1, -0.05) is 11.8 Å². The molecular weight excluding hydrogens is 378 g/mol. The molecule has 0 fully saturated rings. The zero-order valence-corrected chi connectivity index (χ0v) is 16.7. The van der Waals surface area contributed by atoms with Crippen LogP contribution in [0, 0.1) is 0 Å². The molecule has 2 aromatic carbocycles. The van der Waals surface area contributed by atoms with Gasteiger partial charge in [-0.15, -0.1) is 10.2 Å². The van der Waals surface area contributed by atoms with Crippen LogP contribution in [-0.2, 0) is 4.79 Å². The van der Waals surface area contributed by atoms with Crippen LogP contribution in [0.2, 0.25) is 0 Å². The van der Waals surface area contributed by atoms with Gasteiger partial charge in [-0.3, -0.25) is 4.79 Å². The smallest absolute Gasteiger partial charge is 0.277 e. The lowest BCUT2D eigenvalue weighted by atomic mass is 10.2. The molecule has 1 atom stereocenters. The number of nitrogens with one attached hydrogen (secondary N) is 1. The maximum absolute atomic E-state index is 12.4. The molecule has 0 saturated heterocycles. The van der Waals surface area contributed by atoms with Crippen molar-refractivity contribution >= 4 is 23.4 Å². The number of hydrogen-bond acceptors (Lipinski definition) is 7. The summed E-state index contributed by atoms with van der Waals surface area (Å²) in [7, 11) is 1.61. The molecule has 3 rings (SSSR count). The molecule has 0 bridgehead atoms. The van der Waals surface area contributed by atoms with E-state index < -0.39 is 5.25 Å². The van der Waals surface area contributed by atoms with Crippen LogP contribution in [0.15, 0.2) is 58.2 Å². The first-order valence-corrected chi connectivity index (χ1v) is 9.65. The van der Waals surface area contributed by atoms with E-state index in [-0.39, 0.29) is 5.91 Å². The van der Waals surface area contributed by atoms with Crippen LogP contribution >= 0.6 is 11.8 Å². The normalized spacial score (nSPS) is 11.7. The number of rotatable bonds is 8. The number of anilines is 1. The topological polar surface area (TPSA) is 86.5 Å². The minimum absolute atomic E-state index is 0.154. The van der Waals surface area contributed by atoms with Crippen molar-refractivity contribution in [1.29, 1.82) is 0 Å². The Morgan fingerprint density at radius 3 is 2.43 bits per heavy atom. The van der Waals surface area contributed by atoms with Gasteiger partial charge in [-0.25, -0.2) is 0 Å².